The number of hydrogen-bond acceptors (Lipinski definition) is 3. The normalized spacial score (nSPS) is 30.0. The summed E-state index contributed by atoms with van der Waals surface area (Å²) in [6.45, 7) is 4.32. The molecule has 1 atom stereocenters. The number of ether oxygens (including phenoxy) is 1. The van der Waals surface area contributed by atoms with E-state index >= 15 is 0 Å². The van der Waals surface area contributed by atoms with Gasteiger partial charge in [-0.3, -0.25) is 0 Å². The van der Waals surface area contributed by atoms with Crippen molar-refractivity contribution in [3.8, 4) is 0 Å². The van der Waals surface area contributed by atoms with Gasteiger partial charge in [0.2, 0.25) is 0 Å². The van der Waals surface area contributed by atoms with Gasteiger partial charge in [0, 0.05) is 32.7 Å². The molecule has 0 aromatic rings. The van der Waals surface area contributed by atoms with Crippen molar-refractivity contribution in [2.24, 2.45) is 11.3 Å². The summed E-state index contributed by atoms with van der Waals surface area (Å²) < 4.78 is 5.39. The SMILES string of the molecule is COC[C@@H]1CN(CCO)CC12CCCCC2. The maximum absolute atomic E-state index is 9.06. The molecular formula is C13H25NO2. The first kappa shape index (κ1) is 12.3. The molecule has 2 rings (SSSR count). The monoisotopic (exact) mass is 227 g/mol. The summed E-state index contributed by atoms with van der Waals surface area (Å²) in [6, 6.07) is 0. The first-order valence-corrected chi connectivity index (χ1v) is 6.63. The van der Waals surface area contributed by atoms with E-state index < -0.39 is 0 Å². The minimum Gasteiger partial charge on any atom is -0.395 e. The number of likely N-dealkylation sites (tertiary alicyclic amines) is 1. The number of nitrogens with zero attached hydrogens (tertiary/aromatic N) is 1. The third-order valence-corrected chi connectivity index (χ3v) is 4.52. The van der Waals surface area contributed by atoms with E-state index in [9.17, 15) is 0 Å². The smallest absolute Gasteiger partial charge is 0.0558 e. The molecule has 1 saturated carbocycles. The van der Waals surface area contributed by atoms with Crippen LogP contribution < -0.4 is 0 Å². The van der Waals surface area contributed by atoms with Gasteiger partial charge in [0.25, 0.3) is 0 Å². The molecule has 1 spiro atoms. The molecule has 2 aliphatic rings. The van der Waals surface area contributed by atoms with E-state index in [1.165, 1.54) is 38.6 Å². The zero-order chi connectivity index (χ0) is 11.4. The van der Waals surface area contributed by atoms with E-state index in [4.69, 9.17) is 9.84 Å². The van der Waals surface area contributed by atoms with Gasteiger partial charge in [-0.1, -0.05) is 19.3 Å². The summed E-state index contributed by atoms with van der Waals surface area (Å²) in [5, 5.41) is 9.06. The molecule has 1 saturated heterocycles. The highest BCUT2D eigenvalue weighted by Gasteiger charge is 2.46. The summed E-state index contributed by atoms with van der Waals surface area (Å²) in [5.41, 5.74) is 0.503. The van der Waals surface area contributed by atoms with Gasteiger partial charge < -0.3 is 14.7 Å². The van der Waals surface area contributed by atoms with Crippen molar-refractivity contribution in [2.75, 3.05) is 40.0 Å². The van der Waals surface area contributed by atoms with Crippen molar-refractivity contribution >= 4 is 0 Å². The van der Waals surface area contributed by atoms with Crippen LogP contribution in [0.15, 0.2) is 0 Å². The molecule has 1 heterocycles. The van der Waals surface area contributed by atoms with Crippen LogP contribution in [0, 0.1) is 11.3 Å². The Bertz CT molecular complexity index is 214. The summed E-state index contributed by atoms with van der Waals surface area (Å²) in [5.74, 6) is 0.685. The Hall–Kier alpha value is -0.120. The van der Waals surface area contributed by atoms with Crippen LogP contribution in [0.4, 0.5) is 0 Å². The lowest BCUT2D eigenvalue weighted by atomic mass is 9.68. The van der Waals surface area contributed by atoms with Crippen LogP contribution in [0.3, 0.4) is 0 Å². The van der Waals surface area contributed by atoms with Crippen LogP contribution in [0.5, 0.6) is 0 Å². The van der Waals surface area contributed by atoms with E-state index in [-0.39, 0.29) is 6.61 Å². The van der Waals surface area contributed by atoms with Crippen LogP contribution in [-0.4, -0.2) is 50.0 Å². The highest BCUT2D eigenvalue weighted by molar-refractivity contribution is 4.97. The molecule has 94 valence electrons. The molecule has 3 heteroatoms. The lowest BCUT2D eigenvalue weighted by Gasteiger charge is -2.38. The Morgan fingerprint density at radius 3 is 2.69 bits per heavy atom. The first-order valence-electron chi connectivity index (χ1n) is 6.63. The lowest BCUT2D eigenvalue weighted by Crippen LogP contribution is -2.35. The molecule has 1 N–H and O–H groups in total. The Morgan fingerprint density at radius 1 is 1.31 bits per heavy atom. The van der Waals surface area contributed by atoms with Crippen molar-refractivity contribution in [2.45, 2.75) is 32.1 Å². The largest absolute Gasteiger partial charge is 0.395 e. The fraction of sp³-hybridized carbons (Fsp3) is 1.00. The maximum atomic E-state index is 9.06. The number of aliphatic hydroxyl groups is 1. The van der Waals surface area contributed by atoms with Gasteiger partial charge in [0.15, 0.2) is 0 Å². The molecule has 0 unspecified atom stereocenters. The number of hydrogen-bond donors (Lipinski definition) is 1. The molecule has 1 aliphatic carbocycles. The quantitative estimate of drug-likeness (QED) is 0.790. The first-order chi connectivity index (χ1) is 7.80. The number of methoxy groups -OCH3 is 1. The molecule has 0 amide bonds. The second-order valence-electron chi connectivity index (χ2n) is 5.53. The van der Waals surface area contributed by atoms with E-state index in [1.807, 2.05) is 7.11 Å². The molecule has 0 aromatic heterocycles. The van der Waals surface area contributed by atoms with Gasteiger partial charge in [-0.25, -0.2) is 0 Å². The average Bonchev–Trinajstić information content (AvgIpc) is 2.59. The molecule has 2 fully saturated rings. The van der Waals surface area contributed by atoms with Gasteiger partial charge in [0.05, 0.1) is 13.2 Å². The minimum absolute atomic E-state index is 0.287. The molecule has 16 heavy (non-hydrogen) atoms. The fourth-order valence-corrected chi connectivity index (χ4v) is 3.71. The summed E-state index contributed by atoms with van der Waals surface area (Å²) >= 11 is 0. The predicted molar refractivity (Wildman–Crippen MR) is 64.4 cm³/mol. The number of β-amino-alcohol motifs (C(OH)–C–C–N with tert-alkyl or cyclic N) is 1. The third kappa shape index (κ3) is 2.41. The Kier molecular flexibility index (Phi) is 4.22. The standard InChI is InChI=1S/C13H25NO2/c1-16-10-12-9-14(7-8-15)11-13(12)5-3-2-4-6-13/h12,15H,2-11H2,1H3/t12-/m0/s1. The summed E-state index contributed by atoms with van der Waals surface area (Å²) in [7, 11) is 1.81. The van der Waals surface area contributed by atoms with Crippen LogP contribution in [0.1, 0.15) is 32.1 Å². The van der Waals surface area contributed by atoms with Crippen molar-refractivity contribution < 1.29 is 9.84 Å². The summed E-state index contributed by atoms with van der Waals surface area (Å²) in [4.78, 5) is 2.43. The minimum atomic E-state index is 0.287. The molecule has 0 radical (unpaired) electrons. The Labute approximate surface area is 98.8 Å². The zero-order valence-electron chi connectivity index (χ0n) is 10.5. The number of aliphatic hydroxyl groups excluding tert-OH is 1. The fourth-order valence-electron chi connectivity index (χ4n) is 3.71. The van der Waals surface area contributed by atoms with Crippen LogP contribution in [0.2, 0.25) is 0 Å². The van der Waals surface area contributed by atoms with Crippen LogP contribution in [0.25, 0.3) is 0 Å². The topological polar surface area (TPSA) is 32.7 Å². The Morgan fingerprint density at radius 2 is 2.06 bits per heavy atom. The van der Waals surface area contributed by atoms with Gasteiger partial charge in [-0.15, -0.1) is 0 Å². The zero-order valence-corrected chi connectivity index (χ0v) is 10.5. The van der Waals surface area contributed by atoms with E-state index in [2.05, 4.69) is 4.90 Å². The second kappa shape index (κ2) is 5.48. The molecule has 0 bridgehead atoms. The third-order valence-electron chi connectivity index (χ3n) is 4.52. The average molecular weight is 227 g/mol. The molecule has 0 aromatic carbocycles. The lowest BCUT2D eigenvalue weighted by molar-refractivity contribution is 0.0665. The van der Waals surface area contributed by atoms with Crippen molar-refractivity contribution in [1.82, 2.24) is 4.90 Å². The van der Waals surface area contributed by atoms with Crippen molar-refractivity contribution in [3.05, 3.63) is 0 Å². The van der Waals surface area contributed by atoms with Gasteiger partial charge >= 0.3 is 0 Å². The maximum Gasteiger partial charge on any atom is 0.0558 e. The number of rotatable bonds is 4. The molecular weight excluding hydrogens is 202 g/mol. The highest BCUT2D eigenvalue weighted by atomic mass is 16.5. The summed E-state index contributed by atoms with van der Waals surface area (Å²) in [6.07, 6.45) is 6.90. The van der Waals surface area contributed by atoms with Crippen LogP contribution >= 0.6 is 0 Å². The van der Waals surface area contributed by atoms with Gasteiger partial charge in [0.1, 0.15) is 0 Å². The van der Waals surface area contributed by atoms with Gasteiger partial charge in [-0.2, -0.15) is 0 Å². The van der Waals surface area contributed by atoms with E-state index in [0.29, 0.717) is 11.3 Å². The second-order valence-corrected chi connectivity index (χ2v) is 5.53. The van der Waals surface area contributed by atoms with Crippen molar-refractivity contribution in [1.29, 1.82) is 0 Å². The van der Waals surface area contributed by atoms with E-state index in [0.717, 1.165) is 19.7 Å². The predicted octanol–water partition coefficient (Wildman–Crippen LogP) is 1.51. The van der Waals surface area contributed by atoms with Crippen molar-refractivity contribution in [3.63, 3.8) is 0 Å². The van der Waals surface area contributed by atoms with E-state index in [1.54, 1.807) is 0 Å². The van der Waals surface area contributed by atoms with Gasteiger partial charge in [-0.05, 0) is 18.3 Å². The van der Waals surface area contributed by atoms with Crippen LogP contribution in [-0.2, 0) is 4.74 Å². The molecule has 1 aliphatic heterocycles. The molecule has 3 nitrogen and oxygen atoms in total. The highest BCUT2D eigenvalue weighted by Crippen LogP contribution is 2.47. The Balaban J connectivity index is 2.01.